The van der Waals surface area contributed by atoms with E-state index in [9.17, 15) is 4.79 Å². The lowest BCUT2D eigenvalue weighted by molar-refractivity contribution is 0.0954. The van der Waals surface area contributed by atoms with Gasteiger partial charge in [0, 0.05) is 15.7 Å². The minimum absolute atomic E-state index is 0.180. The van der Waals surface area contributed by atoms with Gasteiger partial charge in [-0.2, -0.15) is 5.10 Å². The molecule has 0 radical (unpaired) electrons. The van der Waals surface area contributed by atoms with Crippen LogP contribution in [0.2, 0.25) is 0 Å². The van der Waals surface area contributed by atoms with E-state index in [1.54, 1.807) is 12.1 Å². The van der Waals surface area contributed by atoms with E-state index in [-0.39, 0.29) is 5.91 Å². The number of hydrazone groups is 1. The smallest absolute Gasteiger partial charge is 0.267 e. The van der Waals surface area contributed by atoms with Gasteiger partial charge < -0.3 is 0 Å². The van der Waals surface area contributed by atoms with E-state index < -0.39 is 0 Å². The summed E-state index contributed by atoms with van der Waals surface area (Å²) in [6.07, 6.45) is 0.890. The average Bonchev–Trinajstić information content (AvgIpc) is 2.26. The molecule has 4 heteroatoms. The Morgan fingerprint density at radius 3 is 2.47 bits per heavy atom. The van der Waals surface area contributed by atoms with E-state index in [4.69, 9.17) is 0 Å². The second-order valence-electron chi connectivity index (χ2n) is 4.39. The zero-order chi connectivity index (χ0) is 12.8. The summed E-state index contributed by atoms with van der Waals surface area (Å²) in [6, 6.07) is 7.18. The van der Waals surface area contributed by atoms with Crippen molar-refractivity contribution in [2.24, 2.45) is 11.0 Å². The summed E-state index contributed by atoms with van der Waals surface area (Å²) in [5, 5.41) is 4.07. The first-order chi connectivity index (χ1) is 7.99. The van der Waals surface area contributed by atoms with E-state index in [1.807, 2.05) is 19.1 Å². The zero-order valence-corrected chi connectivity index (χ0v) is 11.9. The lowest BCUT2D eigenvalue weighted by Crippen LogP contribution is -2.19. The third kappa shape index (κ3) is 5.13. The molecule has 17 heavy (non-hydrogen) atoms. The van der Waals surface area contributed by atoms with Gasteiger partial charge in [-0.05, 0) is 43.5 Å². The van der Waals surface area contributed by atoms with Crippen molar-refractivity contribution in [3.63, 3.8) is 0 Å². The summed E-state index contributed by atoms with van der Waals surface area (Å²) >= 11 is 3.32. The van der Waals surface area contributed by atoms with Crippen LogP contribution in [-0.4, -0.2) is 11.6 Å². The number of rotatable bonds is 4. The molecule has 0 saturated heterocycles. The fraction of sp³-hybridized carbons (Fsp3) is 0.385. The van der Waals surface area contributed by atoms with E-state index in [1.165, 1.54) is 0 Å². The largest absolute Gasteiger partial charge is 0.271 e. The van der Waals surface area contributed by atoms with Gasteiger partial charge >= 0.3 is 0 Å². The van der Waals surface area contributed by atoms with Crippen LogP contribution in [-0.2, 0) is 0 Å². The van der Waals surface area contributed by atoms with Crippen molar-refractivity contribution >= 4 is 27.5 Å². The summed E-state index contributed by atoms with van der Waals surface area (Å²) in [7, 11) is 0. The Hall–Kier alpha value is -1.16. The van der Waals surface area contributed by atoms with Gasteiger partial charge in [0.15, 0.2) is 0 Å². The Morgan fingerprint density at radius 1 is 1.35 bits per heavy atom. The lowest BCUT2D eigenvalue weighted by Gasteiger charge is -2.05. The Kier molecular flexibility index (Phi) is 5.35. The van der Waals surface area contributed by atoms with Crippen molar-refractivity contribution in [1.82, 2.24) is 5.43 Å². The zero-order valence-electron chi connectivity index (χ0n) is 10.3. The van der Waals surface area contributed by atoms with Gasteiger partial charge in [-0.1, -0.05) is 29.8 Å². The third-order valence-corrected chi connectivity index (χ3v) is 2.69. The quantitative estimate of drug-likeness (QED) is 0.669. The van der Waals surface area contributed by atoms with E-state index in [0.717, 1.165) is 16.6 Å². The summed E-state index contributed by atoms with van der Waals surface area (Å²) in [5.74, 6) is 0.365. The topological polar surface area (TPSA) is 41.5 Å². The van der Waals surface area contributed by atoms with E-state index in [0.29, 0.717) is 11.5 Å². The predicted molar refractivity (Wildman–Crippen MR) is 74.2 cm³/mol. The van der Waals surface area contributed by atoms with Crippen molar-refractivity contribution < 1.29 is 4.79 Å². The molecule has 0 aromatic heterocycles. The van der Waals surface area contributed by atoms with Gasteiger partial charge in [0.25, 0.3) is 5.91 Å². The molecule has 0 bridgehead atoms. The number of carbonyl (C=O) groups excluding carboxylic acids is 1. The number of halogens is 1. The van der Waals surface area contributed by atoms with Gasteiger partial charge in [-0.15, -0.1) is 0 Å². The van der Waals surface area contributed by atoms with Gasteiger partial charge in [-0.25, -0.2) is 5.43 Å². The summed E-state index contributed by atoms with van der Waals surface area (Å²) in [6.45, 7) is 6.16. The summed E-state index contributed by atoms with van der Waals surface area (Å²) < 4.78 is 0.952. The molecule has 0 aliphatic rings. The van der Waals surface area contributed by atoms with Gasteiger partial charge in [-0.3, -0.25) is 4.79 Å². The maximum absolute atomic E-state index is 11.7. The van der Waals surface area contributed by atoms with Gasteiger partial charge in [0.1, 0.15) is 0 Å². The Bertz CT molecular complexity index is 410. The van der Waals surface area contributed by atoms with Crippen LogP contribution in [0.4, 0.5) is 0 Å². The first-order valence-electron chi connectivity index (χ1n) is 5.58. The molecule has 0 spiro atoms. The normalized spacial score (nSPS) is 11.7. The molecule has 1 aromatic carbocycles. The average molecular weight is 297 g/mol. The standard InChI is InChI=1S/C13H17BrN2O/c1-9(2)8-10(3)15-16-13(17)11-4-6-12(14)7-5-11/h4-7,9H,8H2,1-3H3,(H,16,17)/b15-10-. The summed E-state index contributed by atoms with van der Waals surface area (Å²) in [5.41, 5.74) is 4.10. The number of hydrogen-bond donors (Lipinski definition) is 1. The Morgan fingerprint density at radius 2 is 1.94 bits per heavy atom. The highest BCUT2D eigenvalue weighted by atomic mass is 79.9. The van der Waals surface area contributed by atoms with Crippen LogP contribution in [0, 0.1) is 5.92 Å². The maximum Gasteiger partial charge on any atom is 0.271 e. The molecule has 92 valence electrons. The fourth-order valence-electron chi connectivity index (χ4n) is 1.45. The van der Waals surface area contributed by atoms with Crippen molar-refractivity contribution in [3.05, 3.63) is 34.3 Å². The minimum atomic E-state index is -0.180. The van der Waals surface area contributed by atoms with Crippen molar-refractivity contribution in [2.45, 2.75) is 27.2 Å². The molecule has 1 N–H and O–H groups in total. The molecule has 0 aliphatic heterocycles. The molecule has 1 amide bonds. The molecule has 0 fully saturated rings. The maximum atomic E-state index is 11.7. The Labute approximate surface area is 110 Å². The van der Waals surface area contributed by atoms with Crippen molar-refractivity contribution in [3.8, 4) is 0 Å². The molecule has 0 atom stereocenters. The number of hydrogen-bond acceptors (Lipinski definition) is 2. The van der Waals surface area contributed by atoms with E-state index in [2.05, 4.69) is 40.3 Å². The molecule has 1 aromatic rings. The minimum Gasteiger partial charge on any atom is -0.267 e. The second kappa shape index (κ2) is 6.55. The van der Waals surface area contributed by atoms with Crippen LogP contribution >= 0.6 is 15.9 Å². The number of carbonyl (C=O) groups is 1. The van der Waals surface area contributed by atoms with Crippen LogP contribution in [0.25, 0.3) is 0 Å². The molecule has 0 heterocycles. The summed E-state index contributed by atoms with van der Waals surface area (Å²) in [4.78, 5) is 11.7. The predicted octanol–water partition coefficient (Wildman–Crippen LogP) is 3.60. The van der Waals surface area contributed by atoms with Crippen LogP contribution in [0.1, 0.15) is 37.6 Å². The van der Waals surface area contributed by atoms with Crippen LogP contribution < -0.4 is 5.43 Å². The first kappa shape index (κ1) is 13.9. The molecular formula is C13H17BrN2O. The van der Waals surface area contributed by atoms with Gasteiger partial charge in [0.2, 0.25) is 0 Å². The Balaban J connectivity index is 2.58. The lowest BCUT2D eigenvalue weighted by atomic mass is 10.1. The van der Waals surface area contributed by atoms with Crippen LogP contribution in [0.15, 0.2) is 33.8 Å². The highest BCUT2D eigenvalue weighted by Gasteiger charge is 2.04. The highest BCUT2D eigenvalue weighted by molar-refractivity contribution is 9.10. The third-order valence-electron chi connectivity index (χ3n) is 2.16. The van der Waals surface area contributed by atoms with E-state index >= 15 is 0 Å². The molecule has 0 aliphatic carbocycles. The molecular weight excluding hydrogens is 280 g/mol. The first-order valence-corrected chi connectivity index (χ1v) is 6.37. The van der Waals surface area contributed by atoms with Gasteiger partial charge in [0.05, 0.1) is 0 Å². The highest BCUT2D eigenvalue weighted by Crippen LogP contribution is 2.10. The number of benzene rings is 1. The molecule has 0 saturated carbocycles. The van der Waals surface area contributed by atoms with Crippen LogP contribution in [0.5, 0.6) is 0 Å². The monoisotopic (exact) mass is 296 g/mol. The second-order valence-corrected chi connectivity index (χ2v) is 5.31. The fourth-order valence-corrected chi connectivity index (χ4v) is 1.71. The molecule has 1 rings (SSSR count). The number of nitrogens with zero attached hydrogens (tertiary/aromatic N) is 1. The van der Waals surface area contributed by atoms with Crippen LogP contribution in [0.3, 0.4) is 0 Å². The molecule has 0 unspecified atom stereocenters. The number of amides is 1. The van der Waals surface area contributed by atoms with Crippen molar-refractivity contribution in [2.75, 3.05) is 0 Å². The molecule has 3 nitrogen and oxygen atoms in total. The SMILES string of the molecule is C/C(CC(C)C)=N/NC(=O)c1ccc(Br)cc1. The van der Waals surface area contributed by atoms with Crippen molar-refractivity contribution in [1.29, 1.82) is 0 Å². The number of nitrogens with one attached hydrogen (secondary N) is 1.